The fourth-order valence-electron chi connectivity index (χ4n) is 5.38. The predicted molar refractivity (Wildman–Crippen MR) is 140 cm³/mol. The van der Waals surface area contributed by atoms with E-state index in [-0.39, 0.29) is 29.7 Å². The standard InChI is InChI=1S/C27H32N4O3S/c1-31(27(34)17-8-3-2-4-9-17)19-13-14-20-21(16-19)29-24(30-25(32)22-12-7-15-35-22)23(20)26(33)28-18-10-5-6-11-18/h7,12-18,29H,2-6,8-11H2,1H3,(H,28,33)(H,30,32). The van der Waals surface area contributed by atoms with Gasteiger partial charge in [-0.15, -0.1) is 11.3 Å². The fraction of sp³-hybridized carbons (Fsp3) is 0.444. The molecule has 3 aromatic rings. The molecule has 2 aliphatic rings. The Labute approximate surface area is 209 Å². The van der Waals surface area contributed by atoms with Crippen LogP contribution in [0.4, 0.5) is 11.5 Å². The van der Waals surface area contributed by atoms with E-state index in [1.165, 1.54) is 17.8 Å². The van der Waals surface area contributed by atoms with Gasteiger partial charge in [-0.2, -0.15) is 0 Å². The van der Waals surface area contributed by atoms with Gasteiger partial charge in [-0.05, 0) is 55.3 Å². The van der Waals surface area contributed by atoms with Gasteiger partial charge in [0.15, 0.2) is 0 Å². The zero-order valence-corrected chi connectivity index (χ0v) is 20.9. The van der Waals surface area contributed by atoms with Crippen molar-refractivity contribution < 1.29 is 14.4 Å². The Hall–Kier alpha value is -3.13. The molecule has 2 aromatic heterocycles. The molecule has 0 radical (unpaired) electrons. The second-order valence-corrected chi connectivity index (χ2v) is 10.7. The van der Waals surface area contributed by atoms with Gasteiger partial charge in [0.05, 0.1) is 10.4 Å². The lowest BCUT2D eigenvalue weighted by atomic mass is 9.88. The van der Waals surface area contributed by atoms with Crippen molar-refractivity contribution in [1.82, 2.24) is 10.3 Å². The maximum absolute atomic E-state index is 13.4. The molecule has 3 N–H and O–H groups in total. The molecule has 2 heterocycles. The molecule has 5 rings (SSSR count). The van der Waals surface area contributed by atoms with Gasteiger partial charge in [0.2, 0.25) is 5.91 Å². The van der Waals surface area contributed by atoms with Gasteiger partial charge < -0.3 is 20.5 Å². The summed E-state index contributed by atoms with van der Waals surface area (Å²) in [7, 11) is 1.81. The van der Waals surface area contributed by atoms with Crippen molar-refractivity contribution in [2.75, 3.05) is 17.3 Å². The quantitative estimate of drug-likeness (QED) is 0.412. The highest BCUT2D eigenvalue weighted by atomic mass is 32.1. The molecule has 1 aromatic carbocycles. The number of nitrogens with one attached hydrogen (secondary N) is 3. The summed E-state index contributed by atoms with van der Waals surface area (Å²) in [6, 6.07) is 9.38. The van der Waals surface area contributed by atoms with Crippen LogP contribution in [0, 0.1) is 5.92 Å². The Bertz CT molecular complexity index is 1220. The van der Waals surface area contributed by atoms with E-state index in [0.717, 1.165) is 62.4 Å². The minimum absolute atomic E-state index is 0.0708. The number of anilines is 2. The van der Waals surface area contributed by atoms with Crippen molar-refractivity contribution >= 4 is 51.5 Å². The summed E-state index contributed by atoms with van der Waals surface area (Å²) < 4.78 is 0. The van der Waals surface area contributed by atoms with Crippen molar-refractivity contribution in [3.63, 3.8) is 0 Å². The maximum atomic E-state index is 13.4. The van der Waals surface area contributed by atoms with Crippen molar-refractivity contribution in [2.24, 2.45) is 5.92 Å². The molecule has 0 spiro atoms. The molecular weight excluding hydrogens is 460 g/mol. The number of amides is 3. The summed E-state index contributed by atoms with van der Waals surface area (Å²) in [5.74, 6) is 0.144. The second kappa shape index (κ2) is 10.2. The molecule has 2 aliphatic carbocycles. The fourth-order valence-corrected chi connectivity index (χ4v) is 6.00. The largest absolute Gasteiger partial charge is 0.349 e. The first-order valence-corrected chi connectivity index (χ1v) is 13.5. The molecule has 0 saturated heterocycles. The highest BCUT2D eigenvalue weighted by molar-refractivity contribution is 7.12. The summed E-state index contributed by atoms with van der Waals surface area (Å²) in [6.07, 6.45) is 9.48. The number of thiophene rings is 1. The van der Waals surface area contributed by atoms with Crippen LogP contribution in [0.5, 0.6) is 0 Å². The molecule has 7 nitrogen and oxygen atoms in total. The average molecular weight is 493 g/mol. The normalized spacial score (nSPS) is 16.9. The van der Waals surface area contributed by atoms with Crippen LogP contribution in [0.15, 0.2) is 35.7 Å². The SMILES string of the molecule is CN(C(=O)C1CCCCC1)c1ccc2c(C(=O)NC3CCCC3)c(NC(=O)c3cccs3)[nH]c2c1. The van der Waals surface area contributed by atoms with E-state index in [4.69, 9.17) is 0 Å². The lowest BCUT2D eigenvalue weighted by molar-refractivity contribution is -0.123. The first-order chi connectivity index (χ1) is 17.0. The third-order valence-corrected chi connectivity index (χ3v) is 8.22. The van der Waals surface area contributed by atoms with Gasteiger partial charge in [0.25, 0.3) is 11.8 Å². The van der Waals surface area contributed by atoms with Gasteiger partial charge in [0, 0.05) is 35.6 Å². The number of benzene rings is 1. The maximum Gasteiger partial charge on any atom is 0.266 e. The number of carbonyl (C=O) groups excluding carboxylic acids is 3. The van der Waals surface area contributed by atoms with E-state index in [1.807, 2.05) is 36.7 Å². The lowest BCUT2D eigenvalue weighted by Crippen LogP contribution is -2.34. The molecule has 0 unspecified atom stereocenters. The molecule has 8 heteroatoms. The van der Waals surface area contributed by atoms with Crippen molar-refractivity contribution in [1.29, 1.82) is 0 Å². The van der Waals surface area contributed by atoms with E-state index in [2.05, 4.69) is 15.6 Å². The first-order valence-electron chi connectivity index (χ1n) is 12.6. The van der Waals surface area contributed by atoms with Crippen molar-refractivity contribution in [3.8, 4) is 0 Å². The van der Waals surface area contributed by atoms with Crippen LogP contribution in [0.3, 0.4) is 0 Å². The first kappa shape index (κ1) is 23.6. The van der Waals surface area contributed by atoms with E-state index in [9.17, 15) is 14.4 Å². The Morgan fingerprint density at radius 2 is 1.71 bits per heavy atom. The Balaban J connectivity index is 1.46. The molecule has 0 atom stereocenters. The number of carbonyl (C=O) groups is 3. The molecule has 0 bridgehead atoms. The van der Waals surface area contributed by atoms with E-state index >= 15 is 0 Å². The van der Waals surface area contributed by atoms with E-state index < -0.39 is 0 Å². The van der Waals surface area contributed by atoms with Gasteiger partial charge in [0.1, 0.15) is 5.82 Å². The highest BCUT2D eigenvalue weighted by Crippen LogP contribution is 2.32. The zero-order chi connectivity index (χ0) is 24.4. The van der Waals surface area contributed by atoms with Gasteiger partial charge in [-0.25, -0.2) is 0 Å². The third-order valence-electron chi connectivity index (χ3n) is 7.36. The molecule has 35 heavy (non-hydrogen) atoms. The van der Waals surface area contributed by atoms with Crippen molar-refractivity contribution in [2.45, 2.75) is 63.8 Å². The Morgan fingerprint density at radius 1 is 0.971 bits per heavy atom. The summed E-state index contributed by atoms with van der Waals surface area (Å²) >= 11 is 1.35. The minimum atomic E-state index is -0.258. The van der Waals surface area contributed by atoms with Crippen LogP contribution >= 0.6 is 11.3 Å². The summed E-state index contributed by atoms with van der Waals surface area (Å²) in [5, 5.41) is 8.63. The Morgan fingerprint density at radius 3 is 2.43 bits per heavy atom. The van der Waals surface area contributed by atoms with Crippen LogP contribution in [0.1, 0.15) is 77.8 Å². The smallest absolute Gasteiger partial charge is 0.266 e. The van der Waals surface area contributed by atoms with Crippen LogP contribution < -0.4 is 15.5 Å². The van der Waals surface area contributed by atoms with Crippen LogP contribution in [-0.2, 0) is 4.79 Å². The van der Waals surface area contributed by atoms with Crippen molar-refractivity contribution in [3.05, 3.63) is 46.2 Å². The number of aromatic amines is 1. The number of H-pyrrole nitrogens is 1. The van der Waals surface area contributed by atoms with E-state index in [1.54, 1.807) is 11.0 Å². The second-order valence-electron chi connectivity index (χ2n) is 9.72. The molecular formula is C27H32N4O3S. The minimum Gasteiger partial charge on any atom is -0.349 e. The third kappa shape index (κ3) is 4.98. The number of aromatic nitrogens is 1. The molecule has 0 aliphatic heterocycles. The van der Waals surface area contributed by atoms with Crippen LogP contribution in [0.2, 0.25) is 0 Å². The Kier molecular flexibility index (Phi) is 6.90. The predicted octanol–water partition coefficient (Wildman–Crippen LogP) is 5.70. The van der Waals surface area contributed by atoms with Crippen LogP contribution in [0.25, 0.3) is 10.9 Å². The lowest BCUT2D eigenvalue weighted by Gasteiger charge is -2.26. The van der Waals surface area contributed by atoms with Gasteiger partial charge >= 0.3 is 0 Å². The molecule has 3 amide bonds. The number of rotatable bonds is 6. The molecule has 2 fully saturated rings. The number of fused-ring (bicyclic) bond motifs is 1. The highest BCUT2D eigenvalue weighted by Gasteiger charge is 2.27. The number of hydrogen-bond donors (Lipinski definition) is 3. The summed E-state index contributed by atoms with van der Waals surface area (Å²) in [6.45, 7) is 0. The number of hydrogen-bond acceptors (Lipinski definition) is 4. The van der Waals surface area contributed by atoms with E-state index in [0.29, 0.717) is 21.8 Å². The molecule has 184 valence electrons. The topological polar surface area (TPSA) is 94.3 Å². The van der Waals surface area contributed by atoms with Gasteiger partial charge in [-0.1, -0.05) is 38.2 Å². The summed E-state index contributed by atoms with van der Waals surface area (Å²) in [5.41, 5.74) is 1.92. The number of nitrogens with zero attached hydrogens (tertiary/aromatic N) is 1. The summed E-state index contributed by atoms with van der Waals surface area (Å²) in [4.78, 5) is 44.8. The monoisotopic (exact) mass is 492 g/mol. The zero-order valence-electron chi connectivity index (χ0n) is 20.1. The van der Waals surface area contributed by atoms with Gasteiger partial charge in [-0.3, -0.25) is 14.4 Å². The van der Waals surface area contributed by atoms with Crippen LogP contribution in [-0.4, -0.2) is 35.8 Å². The average Bonchev–Trinajstić information content (AvgIpc) is 3.64. The molecule has 2 saturated carbocycles.